The first-order valence-corrected chi connectivity index (χ1v) is 7.69. The maximum atomic E-state index is 5.95. The topological polar surface area (TPSA) is 32.5 Å². The number of anilines is 2. The predicted molar refractivity (Wildman–Crippen MR) is 90.2 cm³/mol. The van der Waals surface area contributed by atoms with Crippen LogP contribution in [0.15, 0.2) is 48.5 Å². The van der Waals surface area contributed by atoms with Crippen molar-refractivity contribution in [1.82, 2.24) is 0 Å². The van der Waals surface area contributed by atoms with Crippen LogP contribution in [0.25, 0.3) is 0 Å². The third-order valence-electron chi connectivity index (χ3n) is 4.02. The number of para-hydroxylation sites is 1. The van der Waals surface area contributed by atoms with Crippen LogP contribution in [-0.4, -0.2) is 26.2 Å². The van der Waals surface area contributed by atoms with Crippen molar-refractivity contribution >= 4 is 23.0 Å². The van der Waals surface area contributed by atoms with Crippen molar-refractivity contribution in [3.63, 3.8) is 0 Å². The molecule has 0 aromatic heterocycles. The van der Waals surface area contributed by atoms with E-state index in [4.69, 9.17) is 17.3 Å². The quantitative estimate of drug-likeness (QED) is 0.945. The Hall–Kier alpha value is -1.71. The minimum absolute atomic E-state index is 0.591. The lowest BCUT2D eigenvalue weighted by Gasteiger charge is -2.38. The van der Waals surface area contributed by atoms with Crippen molar-refractivity contribution in [2.24, 2.45) is 5.73 Å². The third kappa shape index (κ3) is 3.14. The standard InChI is InChI=1S/C17H20ClN3/c18-15-5-7-16(8-6-15)20-9-11-21(12-10-20)17-4-2-1-3-14(17)13-19/h1-8H,9-13,19H2. The second kappa shape index (κ2) is 6.37. The summed E-state index contributed by atoms with van der Waals surface area (Å²) in [7, 11) is 0. The fourth-order valence-electron chi connectivity index (χ4n) is 2.85. The molecule has 0 amide bonds. The van der Waals surface area contributed by atoms with Crippen LogP contribution in [0, 0.1) is 0 Å². The molecule has 2 aromatic rings. The largest absolute Gasteiger partial charge is 0.368 e. The molecule has 1 fully saturated rings. The highest BCUT2D eigenvalue weighted by atomic mass is 35.5. The fourth-order valence-corrected chi connectivity index (χ4v) is 2.98. The Morgan fingerprint density at radius 3 is 2.14 bits per heavy atom. The summed E-state index contributed by atoms with van der Waals surface area (Å²) in [6.07, 6.45) is 0. The van der Waals surface area contributed by atoms with Crippen LogP contribution in [0.4, 0.5) is 11.4 Å². The molecule has 1 aliphatic heterocycles. The average molecular weight is 302 g/mol. The van der Waals surface area contributed by atoms with E-state index in [9.17, 15) is 0 Å². The van der Waals surface area contributed by atoms with Crippen LogP contribution in [0.5, 0.6) is 0 Å². The zero-order chi connectivity index (χ0) is 14.7. The van der Waals surface area contributed by atoms with Gasteiger partial charge in [0.05, 0.1) is 0 Å². The van der Waals surface area contributed by atoms with Gasteiger partial charge in [-0.15, -0.1) is 0 Å². The second-order valence-electron chi connectivity index (χ2n) is 5.28. The van der Waals surface area contributed by atoms with Crippen molar-refractivity contribution in [2.75, 3.05) is 36.0 Å². The van der Waals surface area contributed by atoms with Gasteiger partial charge in [0.15, 0.2) is 0 Å². The van der Waals surface area contributed by atoms with Crippen molar-refractivity contribution in [2.45, 2.75) is 6.54 Å². The predicted octanol–water partition coefficient (Wildman–Crippen LogP) is 3.13. The Morgan fingerprint density at radius 1 is 0.857 bits per heavy atom. The summed E-state index contributed by atoms with van der Waals surface area (Å²) < 4.78 is 0. The van der Waals surface area contributed by atoms with E-state index in [0.717, 1.165) is 31.2 Å². The highest BCUT2D eigenvalue weighted by Crippen LogP contribution is 2.24. The minimum atomic E-state index is 0.591. The maximum absolute atomic E-state index is 5.95. The van der Waals surface area contributed by atoms with Crippen LogP contribution in [0.2, 0.25) is 5.02 Å². The Kier molecular flexibility index (Phi) is 4.32. The lowest BCUT2D eigenvalue weighted by Crippen LogP contribution is -2.46. The normalized spacial score (nSPS) is 15.3. The van der Waals surface area contributed by atoms with E-state index in [2.05, 4.69) is 46.2 Å². The summed E-state index contributed by atoms with van der Waals surface area (Å²) in [5, 5.41) is 0.786. The van der Waals surface area contributed by atoms with Gasteiger partial charge in [-0.25, -0.2) is 0 Å². The Labute approximate surface area is 130 Å². The van der Waals surface area contributed by atoms with Gasteiger partial charge in [-0.2, -0.15) is 0 Å². The highest BCUT2D eigenvalue weighted by molar-refractivity contribution is 6.30. The van der Waals surface area contributed by atoms with Crippen molar-refractivity contribution in [3.8, 4) is 0 Å². The molecular formula is C17H20ClN3. The number of piperazine rings is 1. The molecule has 0 unspecified atom stereocenters. The maximum Gasteiger partial charge on any atom is 0.0412 e. The smallest absolute Gasteiger partial charge is 0.0412 e. The number of hydrogen-bond acceptors (Lipinski definition) is 3. The first kappa shape index (κ1) is 14.2. The molecule has 0 saturated carbocycles. The van der Waals surface area contributed by atoms with Crippen molar-refractivity contribution < 1.29 is 0 Å². The summed E-state index contributed by atoms with van der Waals surface area (Å²) in [4.78, 5) is 4.83. The summed E-state index contributed by atoms with van der Waals surface area (Å²) in [5.41, 5.74) is 9.58. The molecular weight excluding hydrogens is 282 g/mol. The van der Waals surface area contributed by atoms with E-state index in [1.807, 2.05) is 12.1 Å². The fraction of sp³-hybridized carbons (Fsp3) is 0.294. The molecule has 1 heterocycles. The third-order valence-corrected chi connectivity index (χ3v) is 4.28. The van der Waals surface area contributed by atoms with Crippen molar-refractivity contribution in [1.29, 1.82) is 0 Å². The molecule has 3 rings (SSSR count). The summed E-state index contributed by atoms with van der Waals surface area (Å²) in [5.74, 6) is 0. The number of nitrogens with two attached hydrogens (primary N) is 1. The van der Waals surface area contributed by atoms with Gasteiger partial charge in [0.2, 0.25) is 0 Å². The second-order valence-corrected chi connectivity index (χ2v) is 5.72. The van der Waals surface area contributed by atoms with Gasteiger partial charge in [-0.05, 0) is 35.9 Å². The number of hydrogen-bond donors (Lipinski definition) is 1. The lowest BCUT2D eigenvalue weighted by atomic mass is 10.1. The molecule has 1 saturated heterocycles. The molecule has 3 nitrogen and oxygen atoms in total. The van der Waals surface area contributed by atoms with E-state index >= 15 is 0 Å². The average Bonchev–Trinajstić information content (AvgIpc) is 2.56. The molecule has 0 spiro atoms. The monoisotopic (exact) mass is 301 g/mol. The van der Waals surface area contributed by atoms with Gasteiger partial charge < -0.3 is 15.5 Å². The van der Waals surface area contributed by atoms with Crippen LogP contribution >= 0.6 is 11.6 Å². The zero-order valence-corrected chi connectivity index (χ0v) is 12.8. The Balaban J connectivity index is 1.69. The first-order chi connectivity index (χ1) is 10.3. The summed E-state index contributed by atoms with van der Waals surface area (Å²) in [6, 6.07) is 16.5. The van der Waals surface area contributed by atoms with Crippen molar-refractivity contribution in [3.05, 3.63) is 59.1 Å². The first-order valence-electron chi connectivity index (χ1n) is 7.31. The number of rotatable bonds is 3. The molecule has 1 aliphatic rings. The SMILES string of the molecule is NCc1ccccc1N1CCN(c2ccc(Cl)cc2)CC1. The zero-order valence-electron chi connectivity index (χ0n) is 12.0. The molecule has 0 bridgehead atoms. The minimum Gasteiger partial charge on any atom is -0.368 e. The van der Waals surface area contributed by atoms with Crippen LogP contribution in [-0.2, 0) is 6.54 Å². The highest BCUT2D eigenvalue weighted by Gasteiger charge is 2.18. The lowest BCUT2D eigenvalue weighted by molar-refractivity contribution is 0.651. The number of halogens is 1. The Morgan fingerprint density at radius 2 is 1.48 bits per heavy atom. The van der Waals surface area contributed by atoms with Crippen LogP contribution < -0.4 is 15.5 Å². The molecule has 21 heavy (non-hydrogen) atoms. The molecule has 2 N–H and O–H groups in total. The van der Waals surface area contributed by atoms with E-state index in [1.165, 1.54) is 16.9 Å². The molecule has 0 atom stereocenters. The van der Waals surface area contributed by atoms with Gasteiger partial charge in [-0.1, -0.05) is 29.8 Å². The molecule has 2 aromatic carbocycles. The Bertz CT molecular complexity index is 589. The van der Waals surface area contributed by atoms with Gasteiger partial charge in [0.25, 0.3) is 0 Å². The van der Waals surface area contributed by atoms with Gasteiger partial charge in [0, 0.05) is 49.1 Å². The van der Waals surface area contributed by atoms with E-state index in [-0.39, 0.29) is 0 Å². The molecule has 4 heteroatoms. The van der Waals surface area contributed by atoms with Crippen LogP contribution in [0.3, 0.4) is 0 Å². The summed E-state index contributed by atoms with van der Waals surface area (Å²) >= 11 is 5.95. The molecule has 0 radical (unpaired) electrons. The number of benzene rings is 2. The van der Waals surface area contributed by atoms with Gasteiger partial charge in [0.1, 0.15) is 0 Å². The summed E-state index contributed by atoms with van der Waals surface area (Å²) in [6.45, 7) is 4.65. The van der Waals surface area contributed by atoms with E-state index in [0.29, 0.717) is 6.54 Å². The van der Waals surface area contributed by atoms with E-state index in [1.54, 1.807) is 0 Å². The number of nitrogens with zero attached hydrogens (tertiary/aromatic N) is 2. The van der Waals surface area contributed by atoms with Gasteiger partial charge >= 0.3 is 0 Å². The molecule has 110 valence electrons. The molecule has 0 aliphatic carbocycles. The van der Waals surface area contributed by atoms with Crippen LogP contribution in [0.1, 0.15) is 5.56 Å². The van der Waals surface area contributed by atoms with Gasteiger partial charge in [-0.3, -0.25) is 0 Å². The van der Waals surface area contributed by atoms with E-state index < -0.39 is 0 Å².